The number of aliphatic hydroxyl groups is 1. The van der Waals surface area contributed by atoms with E-state index in [9.17, 15) is 62.6 Å². The van der Waals surface area contributed by atoms with E-state index in [0.717, 1.165) is 211 Å². The molecule has 0 aromatic heterocycles. The average molecular weight is 1990 g/mol. The molecule has 9 saturated carbocycles. The zero-order valence-electron chi connectivity index (χ0n) is 83.0. The Bertz CT molecular complexity index is 4500. The van der Waals surface area contributed by atoms with E-state index in [1.165, 1.54) is 323 Å². The van der Waals surface area contributed by atoms with Gasteiger partial charge < -0.3 is 31.9 Å². The molecular formula is C119H159BrF12MgO4. The van der Waals surface area contributed by atoms with Crippen molar-refractivity contribution in [3.63, 3.8) is 0 Å². The molecule has 1 atom stereocenters. The minimum Gasteiger partial charge on any atom is -1.00 e. The van der Waals surface area contributed by atoms with Gasteiger partial charge in [-0.3, -0.25) is 13.6 Å². The monoisotopic (exact) mass is 1980 g/mol. The van der Waals surface area contributed by atoms with Gasteiger partial charge in [-0.25, -0.2) is 43.9 Å². The number of ether oxygens (including phenoxy) is 1. The molecule has 9 fully saturated rings. The van der Waals surface area contributed by atoms with Crippen LogP contribution in [0.15, 0.2) is 133 Å². The fourth-order valence-corrected chi connectivity index (χ4v) is 25.6. The number of halogens is 13. The number of ketones is 1. The maximum Gasteiger partial charge on any atom is 2.00 e. The van der Waals surface area contributed by atoms with E-state index >= 15 is 0 Å². The Balaban J connectivity index is 0.000000185. The van der Waals surface area contributed by atoms with Gasteiger partial charge >= 0.3 is 23.1 Å². The number of hydrogen-bond acceptors (Lipinski definition) is 4. The molecule has 0 bridgehead atoms. The molecular weight excluding hydrogens is 1830 g/mol. The number of carbonyl (C=O) groups is 1. The van der Waals surface area contributed by atoms with Crippen LogP contribution >= 0.6 is 0 Å². The van der Waals surface area contributed by atoms with Crippen molar-refractivity contribution in [1.29, 1.82) is 0 Å². The van der Waals surface area contributed by atoms with Crippen molar-refractivity contribution in [2.45, 2.75) is 380 Å². The summed E-state index contributed by atoms with van der Waals surface area (Å²) in [4.78, 5) is 11.2. The molecule has 10 aliphatic carbocycles. The molecule has 0 amide bonds. The van der Waals surface area contributed by atoms with Crippen molar-refractivity contribution in [3.05, 3.63) is 243 Å². The molecule has 0 heterocycles. The van der Waals surface area contributed by atoms with E-state index in [4.69, 9.17) is 9.84 Å². The molecule has 137 heavy (non-hydrogen) atoms. The molecule has 752 valence electrons. The maximum absolute atomic E-state index is 14.7. The molecule has 4 nitrogen and oxygen atoms in total. The van der Waals surface area contributed by atoms with E-state index in [1.807, 2.05) is 0 Å². The third-order valence-electron chi connectivity index (χ3n) is 33.3. The zero-order chi connectivity index (χ0) is 96.1. The summed E-state index contributed by atoms with van der Waals surface area (Å²) in [7, 11) is 0. The first-order valence-electron chi connectivity index (χ1n) is 53.2. The minimum absolute atomic E-state index is 0. The van der Waals surface area contributed by atoms with E-state index in [2.05, 4.69) is 46.8 Å². The predicted octanol–water partition coefficient (Wildman–Crippen LogP) is 32.8. The van der Waals surface area contributed by atoms with Crippen LogP contribution in [0.1, 0.15) is 400 Å². The third-order valence-corrected chi connectivity index (χ3v) is 33.3. The third kappa shape index (κ3) is 37.6. The van der Waals surface area contributed by atoms with Crippen molar-refractivity contribution >= 4 is 34.4 Å². The fraction of sp³-hybridized carbons (Fsp3) is 0.622. The van der Waals surface area contributed by atoms with Crippen LogP contribution in [0.5, 0.6) is 11.5 Å². The van der Waals surface area contributed by atoms with E-state index < -0.39 is 63.9 Å². The molecule has 10 aliphatic rings. The van der Waals surface area contributed by atoms with Gasteiger partial charge in [0, 0.05) is 36.6 Å². The molecule has 2 N–H and O–H groups in total. The van der Waals surface area contributed by atoms with Crippen molar-refractivity contribution in [3.8, 4) is 11.5 Å². The second-order valence-electron chi connectivity index (χ2n) is 42.4. The van der Waals surface area contributed by atoms with Gasteiger partial charge in [-0.05, 0) is 392 Å². The van der Waals surface area contributed by atoms with E-state index in [-0.39, 0.29) is 82.5 Å². The summed E-state index contributed by atoms with van der Waals surface area (Å²) >= 11 is 0. The first-order valence-corrected chi connectivity index (χ1v) is 53.2. The van der Waals surface area contributed by atoms with Crippen molar-refractivity contribution in [2.75, 3.05) is 0 Å². The number of rotatable bonds is 23. The summed E-state index contributed by atoms with van der Waals surface area (Å²) in [6.45, 7) is 11.4. The summed E-state index contributed by atoms with van der Waals surface area (Å²) in [6.07, 6.45) is 64.7. The number of phenolic OH excluding ortho intramolecular Hbond substituents is 1. The van der Waals surface area contributed by atoms with E-state index in [0.29, 0.717) is 22.8 Å². The summed E-state index contributed by atoms with van der Waals surface area (Å²) in [6, 6.07) is 30.1. The minimum atomic E-state index is -0.851. The van der Waals surface area contributed by atoms with Gasteiger partial charge in [0.2, 0.25) is 0 Å². The Morgan fingerprint density at radius 1 is 0.314 bits per heavy atom. The van der Waals surface area contributed by atoms with Gasteiger partial charge in [-0.15, -0.1) is 18.2 Å². The molecule has 18 heteroatoms. The van der Waals surface area contributed by atoms with Gasteiger partial charge in [0.15, 0.2) is 34.8 Å². The molecule has 7 aromatic carbocycles. The number of allylic oxidation sites excluding steroid dienone is 2. The van der Waals surface area contributed by atoms with Gasteiger partial charge in [0.1, 0.15) is 47.3 Å². The average Bonchev–Trinajstić information content (AvgIpc) is 0.825. The van der Waals surface area contributed by atoms with Gasteiger partial charge in [0.25, 0.3) is 0 Å². The second kappa shape index (κ2) is 60.5. The summed E-state index contributed by atoms with van der Waals surface area (Å²) in [5.74, 6) is 6.91. The molecule has 7 aromatic rings. The smallest absolute Gasteiger partial charge is 1.00 e. The Kier molecular flexibility index (Phi) is 50.6. The summed E-state index contributed by atoms with van der Waals surface area (Å²) in [5.41, 5.74) is 5.58. The molecule has 1 unspecified atom stereocenters. The Hall–Kier alpha value is -6.08. The Labute approximate surface area is 841 Å². The van der Waals surface area contributed by atoms with Crippen LogP contribution in [0, 0.1) is 165 Å². The number of hydrogen-bond donors (Lipinski definition) is 2. The van der Waals surface area contributed by atoms with Gasteiger partial charge in [0.05, 0.1) is 6.61 Å². The fourth-order valence-electron chi connectivity index (χ4n) is 25.6. The van der Waals surface area contributed by atoms with Crippen LogP contribution in [0.2, 0.25) is 0 Å². The Morgan fingerprint density at radius 3 is 0.891 bits per heavy atom. The standard InChI is InChI=1S/C28H35F3O.C21H30F2O.C21H30F2.C21H28F2.C15H26O.C7H7FO.C6H3F2.BrH.Mg/c1-2-3-19-4-8-21(9-5-19)22-10-12-23(13-11-22)24-16-26(30)28(27(31)17-24)32-18-20-6-14-25(29)15-7-20;1-2-3-14-4-6-15(7-5-14)16-8-10-17(11-9-16)18-12-19(22)21(24)20(23)13-18;2*1-2-3-15-4-6-16(7-5-15)17-8-10-18(11-9-17)19-12-20(22)14-21(23)13-19;1-2-3-12-4-6-13(7-5-12)14-8-10-15(16)11-9-14;8-7-3-1-6(5-9)2-4-7;7-5-2-1-3-6(8)4-5;;/h6-7,14-17,19,21-23H,2-5,8-13,18H2,1H3;12-17,24H,2-11H2,1H3;12-18H,2-11H2,1H3;10,12-17H,2-9,11H2,1H3;12-14H,2-11H2,1H3;1-4,9H,5H2;2-4H;1H;/q;;;;;;-1;;+2/p-1. The van der Waals surface area contributed by atoms with Gasteiger partial charge in [-0.2, -0.15) is 6.07 Å². The zero-order valence-corrected chi connectivity index (χ0v) is 86.0. The predicted molar refractivity (Wildman–Crippen MR) is 529 cm³/mol. The van der Waals surface area contributed by atoms with Crippen LogP contribution in [-0.4, -0.2) is 39.0 Å². The number of aromatic hydroxyl groups is 1. The number of Topliss-reactive ketones (excluding diaryl/α,β-unsaturated/α-hetero) is 1. The molecule has 0 radical (unpaired) electrons. The van der Waals surface area contributed by atoms with Gasteiger partial charge in [-0.1, -0.05) is 193 Å². The first-order chi connectivity index (χ1) is 65.3. The van der Waals surface area contributed by atoms with E-state index in [1.54, 1.807) is 24.3 Å². The summed E-state index contributed by atoms with van der Waals surface area (Å²) in [5, 5.41) is 17.8. The largest absolute Gasteiger partial charge is 2.00 e. The molecule has 0 aliphatic heterocycles. The summed E-state index contributed by atoms with van der Waals surface area (Å²) < 4.78 is 164. The topological polar surface area (TPSA) is 66.8 Å². The number of phenols is 1. The number of benzene rings is 7. The number of aliphatic hydroxyl groups excluding tert-OH is 1. The van der Waals surface area contributed by atoms with Crippen molar-refractivity contribution < 1.29 is 89.4 Å². The van der Waals surface area contributed by atoms with Crippen molar-refractivity contribution in [2.24, 2.45) is 88.8 Å². The van der Waals surface area contributed by atoms with Crippen molar-refractivity contribution in [1.82, 2.24) is 0 Å². The Morgan fingerprint density at radius 2 is 0.591 bits per heavy atom. The quantitative estimate of drug-likeness (QED) is 0.0381. The van der Waals surface area contributed by atoms with Crippen LogP contribution < -0.4 is 21.7 Å². The molecule has 0 saturated heterocycles. The van der Waals surface area contributed by atoms with Crippen LogP contribution in [0.3, 0.4) is 0 Å². The van der Waals surface area contributed by atoms with Crippen LogP contribution in [0.4, 0.5) is 52.7 Å². The maximum atomic E-state index is 14.7. The SMILES string of the molecule is CCCC1CCC(C2CC=C(c3cc(F)cc(F)c3)CC2)CC1.CCCC1CCC(C2CCC(=O)CC2)CC1.CCCC1CCC(C2CCC(c3cc(F)c(O)c(F)c3)CC2)CC1.CCCC1CCC(C2CCC(c3cc(F)c(OCc4ccc(F)cc4)c(F)c3)CC2)CC1.CCCC1CCC(C2CCC(c3cc(F)cc(F)c3)CC2)CC1.Fc1c[c-]cc(F)c1.OCc1ccc(F)cc1.[Br-].[Mg+2]. The van der Waals surface area contributed by atoms with Crippen LogP contribution in [-0.2, 0) is 18.0 Å². The first kappa shape index (κ1) is 115. The molecule has 17 rings (SSSR count). The molecule has 0 spiro atoms. The van der Waals surface area contributed by atoms with Crippen LogP contribution in [0.25, 0.3) is 5.57 Å². The number of carbonyl (C=O) groups excluding carboxylic acids is 1. The normalized spacial score (nSPS) is 26.7. The second-order valence-corrected chi connectivity index (χ2v) is 42.4.